The van der Waals surface area contributed by atoms with Crippen LogP contribution in [0.15, 0.2) is 41.2 Å². The summed E-state index contributed by atoms with van der Waals surface area (Å²) in [6.07, 6.45) is 4.54. The predicted octanol–water partition coefficient (Wildman–Crippen LogP) is 0.922. The third kappa shape index (κ3) is 2.59. The van der Waals surface area contributed by atoms with Crippen LogP contribution in [0.2, 0.25) is 0 Å². The molecule has 1 fully saturated rings. The lowest BCUT2D eigenvalue weighted by molar-refractivity contribution is -0.144. The molecule has 0 aliphatic carbocycles. The van der Waals surface area contributed by atoms with Gasteiger partial charge in [0.05, 0.1) is 18.9 Å². The number of hydrogen-bond donors (Lipinski definition) is 1. The van der Waals surface area contributed by atoms with Gasteiger partial charge in [-0.3, -0.25) is 10.0 Å². The molecule has 6 nitrogen and oxygen atoms in total. The van der Waals surface area contributed by atoms with Crippen molar-refractivity contribution in [2.45, 2.75) is 6.92 Å². The Kier molecular flexibility index (Phi) is 4.13. The van der Waals surface area contributed by atoms with E-state index in [-0.39, 0.29) is 5.84 Å². The second kappa shape index (κ2) is 5.81. The van der Waals surface area contributed by atoms with Crippen molar-refractivity contribution in [3.8, 4) is 0 Å². The van der Waals surface area contributed by atoms with Crippen molar-refractivity contribution in [1.29, 1.82) is 0 Å². The first-order valence-electron chi connectivity index (χ1n) is 6.12. The molecule has 0 bridgehead atoms. The van der Waals surface area contributed by atoms with Crippen LogP contribution in [0.1, 0.15) is 6.92 Å². The molecule has 0 aromatic rings. The molecular weight excluding hydrogens is 246 g/mol. The molecule has 2 rings (SSSR count). The fourth-order valence-corrected chi connectivity index (χ4v) is 2.14. The summed E-state index contributed by atoms with van der Waals surface area (Å²) in [6, 6.07) is 0. The maximum absolute atomic E-state index is 11.8. The summed E-state index contributed by atoms with van der Waals surface area (Å²) >= 11 is 0. The molecule has 0 aromatic heterocycles. The van der Waals surface area contributed by atoms with Crippen molar-refractivity contribution in [3.63, 3.8) is 0 Å². The number of hydrogen-bond acceptors (Lipinski definition) is 5. The minimum atomic E-state index is -0.507. The van der Waals surface area contributed by atoms with Crippen LogP contribution in [0.25, 0.3) is 0 Å². The zero-order valence-corrected chi connectivity index (χ0v) is 10.9. The molecule has 0 unspecified atom stereocenters. The van der Waals surface area contributed by atoms with Crippen LogP contribution >= 0.6 is 0 Å². The molecule has 0 aromatic carbocycles. The summed E-state index contributed by atoms with van der Waals surface area (Å²) in [4.78, 5) is 17.8. The van der Waals surface area contributed by atoms with Crippen molar-refractivity contribution in [1.82, 2.24) is 9.96 Å². The van der Waals surface area contributed by atoms with Crippen molar-refractivity contribution >= 4 is 11.7 Å². The number of ether oxygens (including phenoxy) is 1. The lowest BCUT2D eigenvalue weighted by Crippen LogP contribution is -2.44. The molecule has 19 heavy (non-hydrogen) atoms. The Hall–Kier alpha value is -1.92. The van der Waals surface area contributed by atoms with Crippen LogP contribution in [-0.2, 0) is 9.53 Å². The number of aliphatic imine (C=N–C) groups is 1. The third-order valence-electron chi connectivity index (χ3n) is 3.04. The molecule has 102 valence electrons. The highest BCUT2D eigenvalue weighted by Gasteiger charge is 2.31. The van der Waals surface area contributed by atoms with Gasteiger partial charge < -0.3 is 9.64 Å². The van der Waals surface area contributed by atoms with E-state index in [4.69, 9.17) is 4.74 Å². The molecule has 1 N–H and O–H groups in total. The zero-order valence-electron chi connectivity index (χ0n) is 10.9. The van der Waals surface area contributed by atoms with E-state index in [1.54, 1.807) is 0 Å². The van der Waals surface area contributed by atoms with Gasteiger partial charge in [-0.15, -0.1) is 0 Å². The quantitative estimate of drug-likeness (QED) is 0.752. The highest BCUT2D eigenvalue weighted by atomic mass is 16.5. The average Bonchev–Trinajstić information content (AvgIpc) is 2.45. The van der Waals surface area contributed by atoms with Crippen molar-refractivity contribution in [2.75, 3.05) is 26.3 Å². The zero-order chi connectivity index (χ0) is 13.8. The first-order chi connectivity index (χ1) is 9.19. The van der Waals surface area contributed by atoms with Crippen LogP contribution in [0.3, 0.4) is 0 Å². The van der Waals surface area contributed by atoms with E-state index >= 15 is 0 Å². The minimum Gasteiger partial charge on any atom is -0.378 e. The standard InChI is InChI=1S/C13H17N3O3/c1-3-10-11(15-5-7-19-8-6-15)9-12(17)16(18)13(10)14-4-2/h3-4,9,18H,2,5-8H2,1H3/b10-3-,14-13?. The van der Waals surface area contributed by atoms with E-state index < -0.39 is 5.91 Å². The van der Waals surface area contributed by atoms with Gasteiger partial charge in [0, 0.05) is 30.9 Å². The van der Waals surface area contributed by atoms with E-state index in [0.717, 1.165) is 5.70 Å². The molecule has 2 heterocycles. The van der Waals surface area contributed by atoms with Crippen LogP contribution in [0, 0.1) is 0 Å². The first-order valence-corrected chi connectivity index (χ1v) is 6.12. The first kappa shape index (κ1) is 13.5. The van der Waals surface area contributed by atoms with Crippen LogP contribution in [-0.4, -0.2) is 53.2 Å². The number of amidine groups is 1. The Morgan fingerprint density at radius 1 is 1.47 bits per heavy atom. The topological polar surface area (TPSA) is 65.4 Å². The average molecular weight is 263 g/mol. The SMILES string of the molecule is C=CN=C1/C(=C\C)C(N2CCOCC2)=CC(=O)N1O. The molecule has 0 spiro atoms. The summed E-state index contributed by atoms with van der Waals surface area (Å²) in [5, 5.41) is 10.3. The molecule has 0 radical (unpaired) electrons. The Morgan fingerprint density at radius 3 is 2.74 bits per heavy atom. The second-order valence-corrected chi connectivity index (χ2v) is 4.12. The van der Waals surface area contributed by atoms with Crippen LogP contribution < -0.4 is 0 Å². The van der Waals surface area contributed by atoms with Crippen molar-refractivity contribution < 1.29 is 14.7 Å². The molecule has 1 amide bonds. The summed E-state index contributed by atoms with van der Waals surface area (Å²) in [5.41, 5.74) is 1.48. The lowest BCUT2D eigenvalue weighted by atomic mass is 10.0. The summed E-state index contributed by atoms with van der Waals surface area (Å²) < 4.78 is 5.30. The van der Waals surface area contributed by atoms with Crippen molar-refractivity contribution in [3.05, 3.63) is 36.2 Å². The fourth-order valence-electron chi connectivity index (χ4n) is 2.14. The molecule has 0 saturated carbocycles. The van der Waals surface area contributed by atoms with Gasteiger partial charge in [-0.25, -0.2) is 4.99 Å². The molecule has 6 heteroatoms. The highest BCUT2D eigenvalue weighted by Crippen LogP contribution is 2.24. The second-order valence-electron chi connectivity index (χ2n) is 4.12. The highest BCUT2D eigenvalue weighted by molar-refractivity contribution is 6.15. The van der Waals surface area contributed by atoms with Gasteiger partial charge in [-0.2, -0.15) is 5.06 Å². The number of amides is 1. The van der Waals surface area contributed by atoms with Gasteiger partial charge in [0.25, 0.3) is 5.91 Å². The van der Waals surface area contributed by atoms with E-state index in [9.17, 15) is 10.0 Å². The Labute approximate surface area is 111 Å². The smallest absolute Gasteiger partial charge is 0.278 e. The van der Waals surface area contributed by atoms with Gasteiger partial charge >= 0.3 is 0 Å². The van der Waals surface area contributed by atoms with Gasteiger partial charge in [0.2, 0.25) is 0 Å². The largest absolute Gasteiger partial charge is 0.378 e. The maximum Gasteiger partial charge on any atom is 0.278 e. The van der Waals surface area contributed by atoms with Gasteiger partial charge in [-0.1, -0.05) is 12.7 Å². The molecule has 2 aliphatic heterocycles. The molecule has 1 saturated heterocycles. The van der Waals surface area contributed by atoms with Crippen LogP contribution in [0.5, 0.6) is 0 Å². The number of hydroxylamine groups is 2. The van der Waals surface area contributed by atoms with Crippen molar-refractivity contribution in [2.24, 2.45) is 4.99 Å². The monoisotopic (exact) mass is 263 g/mol. The minimum absolute atomic E-state index is 0.200. The molecule has 2 aliphatic rings. The van der Waals surface area contributed by atoms with E-state index in [1.807, 2.05) is 13.0 Å². The normalized spacial score (nSPS) is 24.9. The van der Waals surface area contributed by atoms with E-state index in [0.29, 0.717) is 36.9 Å². The fraction of sp³-hybridized carbons (Fsp3) is 0.385. The van der Waals surface area contributed by atoms with Gasteiger partial charge in [-0.05, 0) is 6.92 Å². The Balaban J connectivity index is 2.40. The predicted molar refractivity (Wildman–Crippen MR) is 70.5 cm³/mol. The number of nitrogens with zero attached hydrogens (tertiary/aromatic N) is 3. The third-order valence-corrected chi connectivity index (χ3v) is 3.04. The molecular formula is C13H17N3O3. The Morgan fingerprint density at radius 2 is 2.16 bits per heavy atom. The summed E-state index contributed by atoms with van der Waals surface area (Å²) in [6.45, 7) is 8.01. The Bertz CT molecular complexity index is 474. The van der Waals surface area contributed by atoms with E-state index in [2.05, 4.69) is 16.5 Å². The van der Waals surface area contributed by atoms with E-state index in [1.165, 1.54) is 12.3 Å². The number of rotatable bonds is 2. The van der Waals surface area contributed by atoms with Gasteiger partial charge in [0.1, 0.15) is 0 Å². The van der Waals surface area contributed by atoms with Gasteiger partial charge in [0.15, 0.2) is 5.84 Å². The summed E-state index contributed by atoms with van der Waals surface area (Å²) in [5.74, 6) is -0.306. The maximum atomic E-state index is 11.8. The number of carbonyl (C=O) groups is 1. The number of carbonyl (C=O) groups excluding carboxylic acids is 1. The van der Waals surface area contributed by atoms with Crippen LogP contribution in [0.4, 0.5) is 0 Å². The number of allylic oxidation sites excluding steroid dienone is 1. The molecule has 0 atom stereocenters. The lowest BCUT2D eigenvalue weighted by Gasteiger charge is -2.35. The summed E-state index contributed by atoms with van der Waals surface area (Å²) in [7, 11) is 0. The number of morpholine rings is 1.